The molecule has 1 saturated carbocycles. The van der Waals surface area contributed by atoms with E-state index in [4.69, 9.17) is 11.6 Å². The van der Waals surface area contributed by atoms with E-state index >= 15 is 0 Å². The first kappa shape index (κ1) is 13.3. The molecule has 0 atom stereocenters. The lowest BCUT2D eigenvalue weighted by Crippen LogP contribution is -2.39. The van der Waals surface area contributed by atoms with E-state index in [1.165, 1.54) is 32.1 Å². The van der Waals surface area contributed by atoms with Crippen molar-refractivity contribution in [3.63, 3.8) is 0 Å². The SMILES string of the molecule is ClCCN(c1ncc(I)cn1)C1CCCCC1. The molecule has 94 valence electrons. The molecule has 1 fully saturated rings. The molecule has 17 heavy (non-hydrogen) atoms. The molecule has 0 amide bonds. The summed E-state index contributed by atoms with van der Waals surface area (Å²) in [6.07, 6.45) is 10.2. The zero-order valence-corrected chi connectivity index (χ0v) is 12.7. The van der Waals surface area contributed by atoms with Crippen LogP contribution in [0.25, 0.3) is 0 Å². The van der Waals surface area contributed by atoms with Gasteiger partial charge in [-0.3, -0.25) is 0 Å². The minimum Gasteiger partial charge on any atom is -0.337 e. The Labute approximate surface area is 121 Å². The second-order valence-electron chi connectivity index (χ2n) is 4.38. The Morgan fingerprint density at radius 3 is 2.47 bits per heavy atom. The minimum absolute atomic E-state index is 0.572. The predicted molar refractivity (Wildman–Crippen MR) is 79.7 cm³/mol. The van der Waals surface area contributed by atoms with Gasteiger partial charge in [-0.2, -0.15) is 0 Å². The second kappa shape index (κ2) is 6.73. The van der Waals surface area contributed by atoms with Crippen molar-refractivity contribution in [3.05, 3.63) is 16.0 Å². The molecular formula is C12H17ClIN3. The molecule has 0 aliphatic heterocycles. The fourth-order valence-electron chi connectivity index (χ4n) is 2.38. The van der Waals surface area contributed by atoms with Crippen LogP contribution in [0.2, 0.25) is 0 Å². The Hall–Kier alpha value is -0.100. The van der Waals surface area contributed by atoms with Crippen LogP contribution >= 0.6 is 34.2 Å². The molecule has 0 radical (unpaired) electrons. The molecule has 1 aliphatic carbocycles. The number of hydrogen-bond donors (Lipinski definition) is 0. The number of anilines is 1. The van der Waals surface area contributed by atoms with Gasteiger partial charge >= 0.3 is 0 Å². The molecule has 1 aromatic heterocycles. The summed E-state index contributed by atoms with van der Waals surface area (Å²) in [7, 11) is 0. The second-order valence-corrected chi connectivity index (χ2v) is 6.00. The summed E-state index contributed by atoms with van der Waals surface area (Å²) in [6, 6.07) is 0.572. The molecule has 3 nitrogen and oxygen atoms in total. The van der Waals surface area contributed by atoms with Gasteiger partial charge in [0.15, 0.2) is 0 Å². The third-order valence-corrected chi connectivity index (χ3v) is 3.93. The molecule has 1 heterocycles. The van der Waals surface area contributed by atoms with Crippen LogP contribution in [0.5, 0.6) is 0 Å². The zero-order chi connectivity index (χ0) is 12.1. The highest BCUT2D eigenvalue weighted by atomic mass is 127. The van der Waals surface area contributed by atoms with Gasteiger partial charge < -0.3 is 4.90 Å². The normalized spacial score (nSPS) is 17.1. The monoisotopic (exact) mass is 365 g/mol. The van der Waals surface area contributed by atoms with Crippen LogP contribution in [-0.2, 0) is 0 Å². The lowest BCUT2D eigenvalue weighted by atomic mass is 9.94. The topological polar surface area (TPSA) is 29.0 Å². The van der Waals surface area contributed by atoms with Crippen molar-refractivity contribution in [2.45, 2.75) is 38.1 Å². The molecule has 1 aromatic rings. The van der Waals surface area contributed by atoms with Crippen LogP contribution in [0.3, 0.4) is 0 Å². The Kier molecular flexibility index (Phi) is 5.28. The molecule has 0 spiro atoms. The molecule has 1 aliphatic rings. The Morgan fingerprint density at radius 1 is 1.24 bits per heavy atom. The Balaban J connectivity index is 2.12. The highest BCUT2D eigenvalue weighted by Gasteiger charge is 2.22. The van der Waals surface area contributed by atoms with E-state index in [2.05, 4.69) is 37.5 Å². The molecule has 0 unspecified atom stereocenters. The van der Waals surface area contributed by atoms with Crippen molar-refractivity contribution in [3.8, 4) is 0 Å². The van der Waals surface area contributed by atoms with Crippen molar-refractivity contribution < 1.29 is 0 Å². The number of hydrogen-bond acceptors (Lipinski definition) is 3. The fraction of sp³-hybridized carbons (Fsp3) is 0.667. The standard InChI is InChI=1S/C12H17ClIN3/c13-6-7-17(11-4-2-1-3-5-11)12-15-8-10(14)9-16-12/h8-9,11H,1-7H2. The molecular weight excluding hydrogens is 349 g/mol. The van der Waals surface area contributed by atoms with Crippen LogP contribution in [0.15, 0.2) is 12.4 Å². The molecule has 0 aromatic carbocycles. The first-order valence-corrected chi connectivity index (χ1v) is 7.73. The molecule has 0 saturated heterocycles. The highest BCUT2D eigenvalue weighted by Crippen LogP contribution is 2.25. The van der Waals surface area contributed by atoms with E-state index in [1.807, 2.05) is 12.4 Å². The van der Waals surface area contributed by atoms with Crippen molar-refractivity contribution in [2.75, 3.05) is 17.3 Å². The number of rotatable bonds is 4. The largest absolute Gasteiger partial charge is 0.337 e. The van der Waals surface area contributed by atoms with Crippen LogP contribution < -0.4 is 4.90 Å². The van der Waals surface area contributed by atoms with Crippen molar-refractivity contribution >= 4 is 40.1 Å². The number of halogens is 2. The van der Waals surface area contributed by atoms with E-state index in [9.17, 15) is 0 Å². The van der Waals surface area contributed by atoms with Gasteiger partial charge in [-0.05, 0) is 35.4 Å². The van der Waals surface area contributed by atoms with Crippen molar-refractivity contribution in [1.82, 2.24) is 9.97 Å². The Morgan fingerprint density at radius 2 is 1.88 bits per heavy atom. The summed E-state index contributed by atoms with van der Waals surface area (Å²) in [5.74, 6) is 1.46. The maximum atomic E-state index is 5.90. The first-order chi connectivity index (χ1) is 8.31. The summed E-state index contributed by atoms with van der Waals surface area (Å²) in [4.78, 5) is 11.1. The number of nitrogens with zero attached hydrogens (tertiary/aromatic N) is 3. The predicted octanol–water partition coefficient (Wildman–Crippen LogP) is 3.46. The zero-order valence-electron chi connectivity index (χ0n) is 9.78. The summed E-state index contributed by atoms with van der Waals surface area (Å²) >= 11 is 8.12. The third kappa shape index (κ3) is 3.68. The minimum atomic E-state index is 0.572. The van der Waals surface area contributed by atoms with Gasteiger partial charge in [-0.15, -0.1) is 11.6 Å². The first-order valence-electron chi connectivity index (χ1n) is 6.11. The van der Waals surface area contributed by atoms with E-state index in [0.717, 1.165) is 16.1 Å². The third-order valence-electron chi connectivity index (χ3n) is 3.20. The van der Waals surface area contributed by atoms with E-state index < -0.39 is 0 Å². The summed E-state index contributed by atoms with van der Waals surface area (Å²) < 4.78 is 1.07. The summed E-state index contributed by atoms with van der Waals surface area (Å²) in [5.41, 5.74) is 0. The number of aromatic nitrogens is 2. The maximum Gasteiger partial charge on any atom is 0.225 e. The summed E-state index contributed by atoms with van der Waals surface area (Å²) in [6.45, 7) is 0.840. The lowest BCUT2D eigenvalue weighted by Gasteiger charge is -2.33. The maximum absolute atomic E-state index is 5.90. The average Bonchev–Trinajstić information content (AvgIpc) is 2.38. The van der Waals surface area contributed by atoms with Crippen LogP contribution in [0.4, 0.5) is 5.95 Å². The van der Waals surface area contributed by atoms with E-state index in [1.54, 1.807) is 0 Å². The van der Waals surface area contributed by atoms with Crippen LogP contribution in [0, 0.1) is 3.57 Å². The van der Waals surface area contributed by atoms with Gasteiger partial charge in [0.25, 0.3) is 0 Å². The van der Waals surface area contributed by atoms with E-state index in [-0.39, 0.29) is 0 Å². The van der Waals surface area contributed by atoms with Gasteiger partial charge in [-0.1, -0.05) is 19.3 Å². The molecule has 2 rings (SSSR count). The lowest BCUT2D eigenvalue weighted by molar-refractivity contribution is 0.414. The van der Waals surface area contributed by atoms with Gasteiger partial charge in [0.05, 0.1) is 0 Å². The molecule has 0 N–H and O–H groups in total. The van der Waals surface area contributed by atoms with Crippen molar-refractivity contribution in [2.24, 2.45) is 0 Å². The fourth-order valence-corrected chi connectivity index (χ4v) is 2.84. The van der Waals surface area contributed by atoms with Gasteiger partial charge in [0.1, 0.15) is 0 Å². The van der Waals surface area contributed by atoms with Crippen molar-refractivity contribution in [1.29, 1.82) is 0 Å². The number of alkyl halides is 1. The highest BCUT2D eigenvalue weighted by molar-refractivity contribution is 14.1. The smallest absolute Gasteiger partial charge is 0.225 e. The van der Waals surface area contributed by atoms with Gasteiger partial charge in [0.2, 0.25) is 5.95 Å². The summed E-state index contributed by atoms with van der Waals surface area (Å²) in [5, 5.41) is 0. The Bertz CT molecular complexity index is 338. The molecule has 5 heteroatoms. The quantitative estimate of drug-likeness (QED) is 0.604. The average molecular weight is 366 g/mol. The van der Waals surface area contributed by atoms with E-state index in [0.29, 0.717) is 11.9 Å². The van der Waals surface area contributed by atoms with Crippen LogP contribution in [-0.4, -0.2) is 28.4 Å². The molecule has 0 bridgehead atoms. The van der Waals surface area contributed by atoms with Crippen LogP contribution in [0.1, 0.15) is 32.1 Å². The van der Waals surface area contributed by atoms with Gasteiger partial charge in [-0.25, -0.2) is 9.97 Å². The van der Waals surface area contributed by atoms with Gasteiger partial charge in [0, 0.05) is 34.4 Å².